The van der Waals surface area contributed by atoms with Crippen LogP contribution < -0.4 is 0 Å². The average Bonchev–Trinajstić information content (AvgIpc) is 1.80. The topological polar surface area (TPSA) is 20.2 Å². The first-order valence-corrected chi connectivity index (χ1v) is 4.56. The Balaban J connectivity index is 5.35. The fourth-order valence-electron chi connectivity index (χ4n) is 0.556. The molecule has 0 saturated heterocycles. The summed E-state index contributed by atoms with van der Waals surface area (Å²) in [5.74, 6) is 2.58. The predicted octanol–water partition coefficient (Wildman–Crippen LogP) is 2.13. The van der Waals surface area contributed by atoms with E-state index in [-0.39, 0.29) is 0 Å². The highest BCUT2D eigenvalue weighted by Gasteiger charge is 2.71. The van der Waals surface area contributed by atoms with Gasteiger partial charge in [0.15, 0.2) is 0 Å². The minimum absolute atomic E-state index is 0.570. The quantitative estimate of drug-likeness (QED) is 0.538. The van der Waals surface area contributed by atoms with Crippen molar-refractivity contribution in [3.05, 3.63) is 0 Å². The summed E-state index contributed by atoms with van der Waals surface area (Å²) < 4.78 is 71.1. The lowest BCUT2D eigenvalue weighted by molar-refractivity contribution is -0.327. The number of halogens is 6. The van der Waals surface area contributed by atoms with Crippen LogP contribution in [0.5, 0.6) is 0 Å². The van der Waals surface area contributed by atoms with Crippen LogP contribution in [0.1, 0.15) is 0 Å². The molecule has 0 fully saturated rings. The zero-order valence-corrected chi connectivity index (χ0v) is 7.15. The zero-order valence-electron chi connectivity index (χ0n) is 6.33. The normalized spacial score (nSPS) is 17.2. The van der Waals surface area contributed by atoms with Crippen LogP contribution >= 0.6 is 10.5 Å². The Morgan fingerprint density at radius 2 is 1.23 bits per heavy atom. The Morgan fingerprint density at radius 1 is 1.00 bits per heavy atom. The van der Waals surface area contributed by atoms with Crippen molar-refractivity contribution in [2.75, 3.05) is 6.26 Å². The fourth-order valence-corrected chi connectivity index (χ4v) is 1.35. The van der Waals surface area contributed by atoms with Crippen molar-refractivity contribution in [3.8, 4) is 0 Å². The second-order valence-corrected chi connectivity index (χ2v) is 4.14. The standard InChI is InChI=1S/C5H6F6OS/c1-13(2)3(12,4(6,7)8)5(9,10)11/h12H,1H2,2H3. The van der Waals surface area contributed by atoms with Crippen LogP contribution in [-0.2, 0) is 0 Å². The second-order valence-electron chi connectivity index (χ2n) is 2.28. The molecular weight excluding hydrogens is 222 g/mol. The van der Waals surface area contributed by atoms with Crippen LogP contribution in [0.2, 0.25) is 0 Å². The summed E-state index contributed by atoms with van der Waals surface area (Å²) in [6.07, 6.45) is -10.9. The van der Waals surface area contributed by atoms with Gasteiger partial charge in [-0.1, -0.05) is 5.87 Å². The van der Waals surface area contributed by atoms with Gasteiger partial charge in [0.05, 0.1) is 0 Å². The van der Waals surface area contributed by atoms with E-state index in [1.807, 2.05) is 0 Å². The number of rotatable bonds is 1. The van der Waals surface area contributed by atoms with E-state index in [4.69, 9.17) is 5.11 Å². The molecule has 0 aromatic rings. The molecule has 0 aliphatic rings. The Labute approximate surface area is 72.3 Å². The maximum Gasteiger partial charge on any atom is 0.435 e. The monoisotopic (exact) mass is 228 g/mol. The first kappa shape index (κ1) is 12.8. The highest BCUT2D eigenvalue weighted by molar-refractivity contribution is 8.14. The average molecular weight is 228 g/mol. The lowest BCUT2D eigenvalue weighted by Crippen LogP contribution is -2.54. The molecule has 1 nitrogen and oxygen atoms in total. The van der Waals surface area contributed by atoms with Crippen LogP contribution in [0.3, 0.4) is 0 Å². The van der Waals surface area contributed by atoms with Crippen LogP contribution in [0.25, 0.3) is 0 Å². The Hall–Kier alpha value is -0.240. The van der Waals surface area contributed by atoms with Crippen molar-refractivity contribution < 1.29 is 31.4 Å². The van der Waals surface area contributed by atoms with Crippen LogP contribution in [0.15, 0.2) is 0 Å². The molecule has 80 valence electrons. The Kier molecular flexibility index (Phi) is 3.10. The zero-order chi connectivity index (χ0) is 11.1. The van der Waals surface area contributed by atoms with Crippen molar-refractivity contribution in [2.45, 2.75) is 17.3 Å². The molecule has 0 radical (unpaired) electrons. The van der Waals surface area contributed by atoms with Gasteiger partial charge in [-0.15, -0.1) is 10.5 Å². The van der Waals surface area contributed by atoms with E-state index in [1.165, 1.54) is 0 Å². The third-order valence-corrected chi connectivity index (χ3v) is 2.74. The van der Waals surface area contributed by atoms with Gasteiger partial charge < -0.3 is 5.11 Å². The smallest absolute Gasteiger partial charge is 0.365 e. The van der Waals surface area contributed by atoms with Crippen molar-refractivity contribution in [1.29, 1.82) is 0 Å². The summed E-state index contributed by atoms with van der Waals surface area (Å²) >= 11 is 0. The molecule has 0 aliphatic carbocycles. The lowest BCUT2D eigenvalue weighted by atomic mass is 10.3. The third-order valence-electron chi connectivity index (χ3n) is 1.27. The Bertz CT molecular complexity index is 202. The van der Waals surface area contributed by atoms with Crippen LogP contribution in [-0.4, -0.2) is 34.5 Å². The molecule has 1 N–H and O–H groups in total. The van der Waals surface area contributed by atoms with Gasteiger partial charge in [-0.25, -0.2) is 0 Å². The lowest BCUT2D eigenvalue weighted by Gasteiger charge is -2.32. The van der Waals surface area contributed by atoms with Gasteiger partial charge in [-0.2, -0.15) is 26.3 Å². The molecule has 0 bridgehead atoms. The van der Waals surface area contributed by atoms with E-state index in [9.17, 15) is 26.3 Å². The van der Waals surface area contributed by atoms with Gasteiger partial charge in [0.1, 0.15) is 0 Å². The van der Waals surface area contributed by atoms with E-state index in [2.05, 4.69) is 5.87 Å². The molecule has 1 atom stereocenters. The molecular formula is C5H6F6OS. The van der Waals surface area contributed by atoms with E-state index >= 15 is 0 Å². The Morgan fingerprint density at radius 3 is 1.23 bits per heavy atom. The maximum absolute atomic E-state index is 11.8. The molecule has 1 unspecified atom stereocenters. The van der Waals surface area contributed by atoms with Crippen LogP contribution in [0, 0.1) is 0 Å². The van der Waals surface area contributed by atoms with Gasteiger partial charge in [0.2, 0.25) is 0 Å². The van der Waals surface area contributed by atoms with Gasteiger partial charge >= 0.3 is 12.4 Å². The summed E-state index contributed by atoms with van der Waals surface area (Å²) in [6, 6.07) is 0. The first-order chi connectivity index (χ1) is 5.44. The van der Waals surface area contributed by atoms with Gasteiger partial charge in [0.25, 0.3) is 4.93 Å². The van der Waals surface area contributed by atoms with Crippen molar-refractivity contribution in [2.24, 2.45) is 0 Å². The predicted molar refractivity (Wildman–Crippen MR) is 37.7 cm³/mol. The van der Waals surface area contributed by atoms with Crippen LogP contribution in [0.4, 0.5) is 26.3 Å². The summed E-state index contributed by atoms with van der Waals surface area (Å²) in [4.78, 5) is -4.71. The molecule has 0 spiro atoms. The molecule has 8 heteroatoms. The van der Waals surface area contributed by atoms with Gasteiger partial charge in [0, 0.05) is 0 Å². The number of hydrogen-bond acceptors (Lipinski definition) is 1. The highest BCUT2D eigenvalue weighted by atomic mass is 32.2. The number of aliphatic hydroxyl groups is 1. The maximum atomic E-state index is 11.8. The summed E-state index contributed by atoms with van der Waals surface area (Å²) in [6.45, 7) is 0. The summed E-state index contributed by atoms with van der Waals surface area (Å²) in [5.41, 5.74) is 0. The van der Waals surface area contributed by atoms with Crippen molar-refractivity contribution >= 4 is 16.4 Å². The fraction of sp³-hybridized carbons (Fsp3) is 0.800. The summed E-state index contributed by atoms with van der Waals surface area (Å²) in [7, 11) is -2.50. The third kappa shape index (κ3) is 1.98. The molecule has 0 saturated carbocycles. The first-order valence-electron chi connectivity index (χ1n) is 2.76. The minimum Gasteiger partial charge on any atom is -0.365 e. The molecule has 0 rings (SSSR count). The van der Waals surface area contributed by atoms with E-state index in [1.54, 1.807) is 0 Å². The summed E-state index contributed by atoms with van der Waals surface area (Å²) in [5, 5.41) is 8.46. The number of alkyl halides is 6. The second kappa shape index (κ2) is 3.16. The molecule has 0 heterocycles. The molecule has 0 aliphatic heterocycles. The van der Waals surface area contributed by atoms with E-state index in [0.717, 1.165) is 0 Å². The molecule has 13 heavy (non-hydrogen) atoms. The highest BCUT2D eigenvalue weighted by Crippen LogP contribution is 2.51. The van der Waals surface area contributed by atoms with Crippen molar-refractivity contribution in [3.63, 3.8) is 0 Å². The SMILES string of the molecule is C=S(C)C(O)(C(F)(F)F)C(F)(F)F. The molecule has 0 aromatic heterocycles. The van der Waals surface area contributed by atoms with E-state index in [0.29, 0.717) is 6.26 Å². The minimum atomic E-state index is -5.76. The van der Waals surface area contributed by atoms with Gasteiger partial charge in [-0.05, 0) is 6.26 Å². The van der Waals surface area contributed by atoms with E-state index < -0.39 is 27.8 Å². The molecule has 0 amide bonds. The van der Waals surface area contributed by atoms with Crippen molar-refractivity contribution in [1.82, 2.24) is 0 Å². The molecule has 0 aromatic carbocycles. The van der Waals surface area contributed by atoms with Gasteiger partial charge in [-0.3, -0.25) is 0 Å². The largest absolute Gasteiger partial charge is 0.435 e. The number of hydrogen-bond donors (Lipinski definition) is 1.